The van der Waals surface area contributed by atoms with E-state index in [1.54, 1.807) is 0 Å². The number of hydrogen-bond acceptors (Lipinski definition) is 12. The van der Waals surface area contributed by atoms with Crippen molar-refractivity contribution in [2.75, 3.05) is 0 Å². The second-order valence-corrected chi connectivity index (χ2v) is 20.0. The Hall–Kier alpha value is -0.718. The van der Waals surface area contributed by atoms with Crippen LogP contribution >= 0.6 is 0 Å². The van der Waals surface area contributed by atoms with Crippen LogP contribution in [-0.4, -0.2) is 60.5 Å². The predicted molar refractivity (Wildman–Crippen MR) is 261 cm³/mol. The molecule has 6 rings (SSSR count). The summed E-state index contributed by atoms with van der Waals surface area (Å²) in [5.74, 6) is 14.9. The average Bonchev–Trinajstić information content (AvgIpc) is 4.09. The number of rotatable bonds is 12. The molecule has 0 spiro atoms. The maximum Gasteiger partial charge on any atom is 1.00 e. The summed E-state index contributed by atoms with van der Waals surface area (Å²) < 4.78 is 0. The van der Waals surface area contributed by atoms with Crippen molar-refractivity contribution >= 4 is 0 Å². The van der Waals surface area contributed by atoms with Gasteiger partial charge in [0.1, 0.15) is 0 Å². The van der Waals surface area contributed by atoms with Crippen molar-refractivity contribution in [2.24, 2.45) is 0 Å². The van der Waals surface area contributed by atoms with Gasteiger partial charge in [0.25, 0.3) is 0 Å². The summed E-state index contributed by atoms with van der Waals surface area (Å²) in [7, 11) is 0. The molecule has 0 saturated heterocycles. The van der Waals surface area contributed by atoms with Crippen LogP contribution in [0.3, 0.4) is 0 Å². The fourth-order valence-electron chi connectivity index (χ4n) is 4.52. The largest absolute Gasteiger partial charge is 1.00 e. The number of nitrogens with zero attached hydrogens (tertiary/aromatic N) is 18. The second kappa shape index (κ2) is 42.3. The number of hydrogen-bond donors (Lipinski definition) is 0. The molecule has 6 aromatic heterocycles. The van der Waals surface area contributed by atoms with E-state index in [1.807, 2.05) is 0 Å². The molecule has 24 heteroatoms. The summed E-state index contributed by atoms with van der Waals surface area (Å²) in [4.78, 5) is 25.7. The van der Waals surface area contributed by atoms with E-state index in [0.717, 1.165) is 69.9 Å². The molecule has 0 fully saturated rings. The Labute approximate surface area is 526 Å². The van der Waals surface area contributed by atoms with Crippen molar-refractivity contribution in [3.8, 4) is 0 Å². The van der Waals surface area contributed by atoms with Gasteiger partial charge in [0.05, 0.1) is 0 Å². The quantitative estimate of drug-likeness (QED) is 0.104. The van der Waals surface area contributed by atoms with Crippen LogP contribution in [0.15, 0.2) is 0 Å². The Bertz CT molecular complexity index is 1630. The summed E-state index contributed by atoms with van der Waals surface area (Å²) in [5, 5.41) is 47.7. The molecule has 0 aromatic carbocycles. The minimum Gasteiger partial charge on any atom is -0.426 e. The van der Waals surface area contributed by atoms with E-state index >= 15 is 0 Å². The van der Waals surface area contributed by atoms with Crippen LogP contribution in [0.2, 0.25) is 0 Å². The Morgan fingerprint density at radius 1 is 0.181 bits per heavy atom. The third-order valence-corrected chi connectivity index (χ3v) is 9.10. The zero-order chi connectivity index (χ0) is 50.6. The molecule has 0 atom stereocenters. The summed E-state index contributed by atoms with van der Waals surface area (Å²) in [5.41, 5.74) is 0. The third-order valence-electron chi connectivity index (χ3n) is 9.10. The molecule has 432 valence electrons. The molecule has 0 aliphatic rings. The monoisotopic (exact) mass is 2090 g/mol. The van der Waals surface area contributed by atoms with Gasteiger partial charge in [-0.15, -0.1) is 0 Å². The standard InChI is InChI=1S/6C8H14N3.6Au/c6*1-5(2)7-9-8(6(3)4)11-10-7;;;;;;/h6*5-6H,1-4H3;;;;;;/q6*-1;6*+1. The SMILES string of the molecule is CC(C)c1n[n-]c(C(C)C)n1.CC(C)c1n[n-]c(C(C)C)n1.CC(C)c1n[n-]c(C(C)C)n1.CC(C)c1n[n-]c(C(C)C)n1.CC(C)c1n[n-]c(C(C)C)n1.CC(C)c1n[n-]c(C(C)C)n1.[Au+].[Au+].[Au+].[Au+].[Au+].[Au+]. The van der Waals surface area contributed by atoms with Crippen molar-refractivity contribution in [2.45, 2.75) is 237 Å². The molecular weight excluding hydrogens is 2010 g/mol. The minimum absolute atomic E-state index is 0. The Morgan fingerprint density at radius 3 is 0.319 bits per heavy atom. The van der Waals surface area contributed by atoms with Gasteiger partial charge in [-0.3, -0.25) is 30.6 Å². The van der Waals surface area contributed by atoms with Crippen LogP contribution < -0.4 is 30.6 Å². The van der Waals surface area contributed by atoms with E-state index in [-0.39, 0.29) is 134 Å². The van der Waals surface area contributed by atoms with Crippen molar-refractivity contribution in [3.63, 3.8) is 0 Å². The third kappa shape index (κ3) is 31.5. The van der Waals surface area contributed by atoms with Crippen LogP contribution in [0.4, 0.5) is 0 Å². The van der Waals surface area contributed by atoms with Gasteiger partial charge in [0, 0.05) is 34.9 Å². The zero-order valence-corrected chi connectivity index (χ0v) is 59.8. The molecule has 0 amide bonds. The van der Waals surface area contributed by atoms with E-state index in [2.05, 4.69) is 257 Å². The minimum atomic E-state index is 0. The van der Waals surface area contributed by atoms with Crippen molar-refractivity contribution in [3.05, 3.63) is 69.9 Å². The molecule has 6 aromatic rings. The molecular formula is C48H84Au6N18. The fraction of sp³-hybridized carbons (Fsp3) is 0.750. The van der Waals surface area contributed by atoms with Gasteiger partial charge in [-0.25, -0.2) is 0 Å². The van der Waals surface area contributed by atoms with Crippen molar-refractivity contribution < 1.29 is 134 Å². The van der Waals surface area contributed by atoms with Gasteiger partial charge in [0.2, 0.25) is 0 Å². The van der Waals surface area contributed by atoms with Crippen LogP contribution in [0, 0.1) is 0 Å². The first-order valence-corrected chi connectivity index (χ1v) is 23.9. The van der Waals surface area contributed by atoms with Crippen LogP contribution in [0.25, 0.3) is 0 Å². The zero-order valence-electron chi connectivity index (χ0n) is 46.8. The normalized spacial score (nSPS) is 10.5. The summed E-state index contributed by atoms with van der Waals surface area (Å²) in [6.07, 6.45) is 0. The molecule has 0 saturated carbocycles. The average molecular weight is 2100 g/mol. The summed E-state index contributed by atoms with van der Waals surface area (Å²) in [6, 6.07) is 0. The van der Waals surface area contributed by atoms with Crippen molar-refractivity contribution in [1.82, 2.24) is 91.1 Å². The van der Waals surface area contributed by atoms with E-state index in [4.69, 9.17) is 0 Å². The van der Waals surface area contributed by atoms with Gasteiger partial charge in [-0.05, 0) is 71.0 Å². The van der Waals surface area contributed by atoms with Gasteiger partial charge < -0.3 is 60.5 Å². The smallest absolute Gasteiger partial charge is 0.426 e. The van der Waals surface area contributed by atoms with E-state index in [0.29, 0.717) is 71.0 Å². The summed E-state index contributed by atoms with van der Waals surface area (Å²) >= 11 is 0. The van der Waals surface area contributed by atoms with E-state index in [9.17, 15) is 0 Å². The van der Waals surface area contributed by atoms with Crippen LogP contribution in [-0.2, 0) is 134 Å². The Balaban J connectivity index is -0.000000179. The van der Waals surface area contributed by atoms with Crippen molar-refractivity contribution in [1.29, 1.82) is 0 Å². The maximum absolute atomic E-state index is 4.29. The molecule has 0 bridgehead atoms. The van der Waals surface area contributed by atoms with Gasteiger partial charge in [-0.2, -0.15) is 0 Å². The van der Waals surface area contributed by atoms with Gasteiger partial charge in [0.15, 0.2) is 0 Å². The predicted octanol–water partition coefficient (Wildman–Crippen LogP) is 10.1. The molecule has 72 heavy (non-hydrogen) atoms. The second-order valence-electron chi connectivity index (χ2n) is 20.0. The van der Waals surface area contributed by atoms with Gasteiger partial charge >= 0.3 is 134 Å². The molecule has 0 aliphatic carbocycles. The fourth-order valence-corrected chi connectivity index (χ4v) is 4.52. The first-order chi connectivity index (χ1) is 30.7. The summed E-state index contributed by atoms with van der Waals surface area (Å²) in [6.45, 7) is 49.7. The molecule has 18 nitrogen and oxygen atoms in total. The van der Waals surface area contributed by atoms with Gasteiger partial charge in [-0.1, -0.05) is 201 Å². The topological polar surface area (TPSA) is 239 Å². The van der Waals surface area contributed by atoms with E-state index in [1.165, 1.54) is 0 Å². The van der Waals surface area contributed by atoms with Crippen LogP contribution in [0.1, 0.15) is 307 Å². The molecule has 6 heterocycles. The molecule has 0 radical (unpaired) electrons. The number of aromatic nitrogens is 18. The Kier molecular flexibility index (Phi) is 48.6. The first-order valence-electron chi connectivity index (χ1n) is 23.9. The molecule has 0 unspecified atom stereocenters. The molecule has 0 aliphatic heterocycles. The molecule has 0 N–H and O–H groups in total. The maximum atomic E-state index is 4.29. The Morgan fingerprint density at radius 2 is 0.278 bits per heavy atom. The first kappa shape index (κ1) is 82.6. The van der Waals surface area contributed by atoms with Crippen LogP contribution in [0.5, 0.6) is 0 Å². The van der Waals surface area contributed by atoms with E-state index < -0.39 is 0 Å².